The summed E-state index contributed by atoms with van der Waals surface area (Å²) in [6.07, 6.45) is 1.30. The fourth-order valence-electron chi connectivity index (χ4n) is 1.92. The van der Waals surface area contributed by atoms with Gasteiger partial charge < -0.3 is 14.8 Å². The number of halogens is 2. The molecule has 0 spiro atoms. The van der Waals surface area contributed by atoms with E-state index in [1.807, 2.05) is 0 Å². The molecule has 0 aromatic heterocycles. The molecule has 2 aromatic carbocycles. The number of anilines is 1. The molecular formula is C17H15BrFN3O4. The lowest BCUT2D eigenvalue weighted by Gasteiger charge is -2.07. The molecule has 0 aliphatic heterocycles. The van der Waals surface area contributed by atoms with Crippen LogP contribution in [0, 0.1) is 5.82 Å². The van der Waals surface area contributed by atoms with Crippen LogP contribution < -0.4 is 20.2 Å². The first-order chi connectivity index (χ1) is 12.4. The molecule has 0 heterocycles. The van der Waals surface area contributed by atoms with Gasteiger partial charge in [0.25, 0.3) is 0 Å². The Balaban J connectivity index is 2.01. The van der Waals surface area contributed by atoms with Gasteiger partial charge in [0.2, 0.25) is 0 Å². The lowest BCUT2D eigenvalue weighted by molar-refractivity contribution is -0.136. The monoisotopic (exact) mass is 423 g/mol. The number of benzene rings is 2. The van der Waals surface area contributed by atoms with Crippen LogP contribution in [0.25, 0.3) is 0 Å². The van der Waals surface area contributed by atoms with Gasteiger partial charge in [0, 0.05) is 10.0 Å². The second-order valence-corrected chi connectivity index (χ2v) is 5.80. The van der Waals surface area contributed by atoms with Crippen LogP contribution in [-0.4, -0.2) is 32.2 Å². The van der Waals surface area contributed by atoms with Crippen LogP contribution in [0.3, 0.4) is 0 Å². The average molecular weight is 424 g/mol. The van der Waals surface area contributed by atoms with Gasteiger partial charge in [-0.15, -0.1) is 0 Å². The maximum Gasteiger partial charge on any atom is 0.329 e. The van der Waals surface area contributed by atoms with E-state index >= 15 is 0 Å². The predicted octanol–water partition coefficient (Wildman–Crippen LogP) is 2.69. The molecular weight excluding hydrogens is 409 g/mol. The van der Waals surface area contributed by atoms with Crippen molar-refractivity contribution < 1.29 is 23.5 Å². The second-order valence-electron chi connectivity index (χ2n) is 4.89. The molecule has 0 atom stereocenters. The molecule has 0 bridgehead atoms. The molecule has 2 rings (SSSR count). The summed E-state index contributed by atoms with van der Waals surface area (Å²) in [5.41, 5.74) is 2.48. The van der Waals surface area contributed by atoms with Crippen molar-refractivity contribution in [2.45, 2.75) is 0 Å². The SMILES string of the molecule is COc1ccc(OC)c(C=NNC(=O)C(=O)Nc2ccc(Br)cc2F)c1. The number of hydrazone groups is 1. The Kier molecular flexibility index (Phi) is 6.67. The van der Waals surface area contributed by atoms with Crippen molar-refractivity contribution in [2.24, 2.45) is 5.10 Å². The van der Waals surface area contributed by atoms with E-state index in [2.05, 4.69) is 31.8 Å². The number of ether oxygens (including phenoxy) is 2. The van der Waals surface area contributed by atoms with E-state index in [0.29, 0.717) is 21.5 Å². The van der Waals surface area contributed by atoms with Gasteiger partial charge in [0.15, 0.2) is 0 Å². The second kappa shape index (κ2) is 8.95. The summed E-state index contributed by atoms with van der Waals surface area (Å²) >= 11 is 3.10. The number of hydrogen-bond donors (Lipinski definition) is 2. The van der Waals surface area contributed by atoms with Crippen molar-refractivity contribution in [2.75, 3.05) is 19.5 Å². The van der Waals surface area contributed by atoms with E-state index < -0.39 is 17.6 Å². The molecule has 2 aromatic rings. The zero-order valence-corrected chi connectivity index (χ0v) is 15.5. The van der Waals surface area contributed by atoms with Crippen LogP contribution in [-0.2, 0) is 9.59 Å². The van der Waals surface area contributed by atoms with Gasteiger partial charge >= 0.3 is 11.8 Å². The van der Waals surface area contributed by atoms with Crippen LogP contribution >= 0.6 is 15.9 Å². The molecule has 0 fully saturated rings. The van der Waals surface area contributed by atoms with Gasteiger partial charge in [-0.1, -0.05) is 15.9 Å². The van der Waals surface area contributed by atoms with E-state index in [1.165, 1.54) is 38.6 Å². The zero-order valence-electron chi connectivity index (χ0n) is 13.9. The predicted molar refractivity (Wildman–Crippen MR) is 98.0 cm³/mol. The van der Waals surface area contributed by atoms with Gasteiger partial charge in [0.1, 0.15) is 17.3 Å². The molecule has 26 heavy (non-hydrogen) atoms. The van der Waals surface area contributed by atoms with Crippen molar-refractivity contribution in [3.05, 3.63) is 52.3 Å². The number of carbonyl (C=O) groups is 2. The van der Waals surface area contributed by atoms with E-state index in [9.17, 15) is 14.0 Å². The Morgan fingerprint density at radius 1 is 1.12 bits per heavy atom. The molecule has 0 saturated carbocycles. The summed E-state index contributed by atoms with van der Waals surface area (Å²) in [5.74, 6) is -1.70. The zero-order chi connectivity index (χ0) is 19.1. The van der Waals surface area contributed by atoms with Gasteiger partial charge in [-0.25, -0.2) is 9.82 Å². The van der Waals surface area contributed by atoms with Crippen LogP contribution in [0.5, 0.6) is 11.5 Å². The highest BCUT2D eigenvalue weighted by Crippen LogP contribution is 2.22. The molecule has 0 aliphatic rings. The van der Waals surface area contributed by atoms with Gasteiger partial charge in [-0.05, 0) is 36.4 Å². The van der Waals surface area contributed by atoms with Crippen molar-refractivity contribution in [3.8, 4) is 11.5 Å². The highest BCUT2D eigenvalue weighted by Gasteiger charge is 2.15. The first kappa shape index (κ1) is 19.4. The van der Waals surface area contributed by atoms with Crippen LogP contribution in [0.4, 0.5) is 10.1 Å². The molecule has 0 saturated heterocycles. The fourth-order valence-corrected chi connectivity index (χ4v) is 2.25. The molecule has 2 amide bonds. The summed E-state index contributed by atoms with van der Waals surface area (Å²) in [6, 6.07) is 9.05. The first-order valence-corrected chi connectivity index (χ1v) is 8.05. The quantitative estimate of drug-likeness (QED) is 0.439. The maximum absolute atomic E-state index is 13.7. The lowest BCUT2D eigenvalue weighted by Crippen LogP contribution is -2.32. The van der Waals surface area contributed by atoms with Gasteiger partial charge in [-0.2, -0.15) is 5.10 Å². The first-order valence-electron chi connectivity index (χ1n) is 7.26. The van der Waals surface area contributed by atoms with Crippen LogP contribution in [0.15, 0.2) is 46.0 Å². The fraction of sp³-hybridized carbons (Fsp3) is 0.118. The van der Waals surface area contributed by atoms with Crippen molar-refractivity contribution in [3.63, 3.8) is 0 Å². The molecule has 2 N–H and O–H groups in total. The summed E-state index contributed by atoms with van der Waals surface area (Å²) < 4.78 is 24.4. The Morgan fingerprint density at radius 2 is 1.88 bits per heavy atom. The topological polar surface area (TPSA) is 89.0 Å². The summed E-state index contributed by atoms with van der Waals surface area (Å²) in [7, 11) is 2.99. The lowest BCUT2D eigenvalue weighted by atomic mass is 10.2. The normalized spacial score (nSPS) is 10.5. The minimum Gasteiger partial charge on any atom is -0.497 e. The Hall–Kier alpha value is -2.94. The van der Waals surface area contributed by atoms with E-state index in [-0.39, 0.29) is 5.69 Å². The summed E-state index contributed by atoms with van der Waals surface area (Å²) in [4.78, 5) is 23.6. The van der Waals surface area contributed by atoms with E-state index in [4.69, 9.17) is 9.47 Å². The largest absolute Gasteiger partial charge is 0.497 e. The molecule has 0 aliphatic carbocycles. The smallest absolute Gasteiger partial charge is 0.329 e. The number of nitrogens with one attached hydrogen (secondary N) is 2. The number of methoxy groups -OCH3 is 2. The van der Waals surface area contributed by atoms with E-state index in [0.717, 1.165) is 0 Å². The molecule has 136 valence electrons. The molecule has 7 nitrogen and oxygen atoms in total. The van der Waals surface area contributed by atoms with Crippen LogP contribution in [0.2, 0.25) is 0 Å². The summed E-state index contributed by atoms with van der Waals surface area (Å²) in [6.45, 7) is 0. The van der Waals surface area contributed by atoms with Crippen LogP contribution in [0.1, 0.15) is 5.56 Å². The summed E-state index contributed by atoms with van der Waals surface area (Å²) in [5, 5.41) is 5.86. The molecule has 0 unspecified atom stereocenters. The molecule has 9 heteroatoms. The third kappa shape index (κ3) is 5.03. The van der Waals surface area contributed by atoms with Gasteiger partial charge in [-0.3, -0.25) is 9.59 Å². The van der Waals surface area contributed by atoms with Crippen molar-refractivity contribution in [1.82, 2.24) is 5.43 Å². The van der Waals surface area contributed by atoms with Crippen molar-refractivity contribution in [1.29, 1.82) is 0 Å². The Bertz CT molecular complexity index is 858. The third-order valence-electron chi connectivity index (χ3n) is 3.19. The van der Waals surface area contributed by atoms with E-state index in [1.54, 1.807) is 18.2 Å². The number of rotatable bonds is 5. The Labute approximate surface area is 157 Å². The minimum atomic E-state index is -1.05. The molecule has 0 radical (unpaired) electrons. The third-order valence-corrected chi connectivity index (χ3v) is 3.69. The minimum absolute atomic E-state index is 0.119. The van der Waals surface area contributed by atoms with Gasteiger partial charge in [0.05, 0.1) is 26.1 Å². The number of nitrogens with zero attached hydrogens (tertiary/aromatic N) is 1. The number of carbonyl (C=O) groups excluding carboxylic acids is 2. The Morgan fingerprint density at radius 3 is 2.54 bits per heavy atom. The maximum atomic E-state index is 13.7. The average Bonchev–Trinajstić information content (AvgIpc) is 2.63. The van der Waals surface area contributed by atoms with Crippen molar-refractivity contribution >= 4 is 39.6 Å². The number of hydrogen-bond acceptors (Lipinski definition) is 5. The highest BCUT2D eigenvalue weighted by atomic mass is 79.9. The highest BCUT2D eigenvalue weighted by molar-refractivity contribution is 9.10. The standard InChI is InChI=1S/C17H15BrFN3O4/c1-25-12-4-6-15(26-2)10(7-12)9-20-22-17(24)16(23)21-14-5-3-11(18)8-13(14)19/h3-9H,1-2H3,(H,21,23)(H,22,24). The number of amides is 2.